The molecule has 0 aliphatic carbocycles. The number of furan rings is 2. The van der Waals surface area contributed by atoms with Crippen molar-refractivity contribution in [1.82, 2.24) is 0 Å². The molecule has 0 saturated carbocycles. The third-order valence-electron chi connectivity index (χ3n) is 12.3. The van der Waals surface area contributed by atoms with Crippen LogP contribution < -0.4 is 4.90 Å². The molecule has 12 rings (SSSR count). The molecule has 0 N–H and O–H groups in total. The van der Waals surface area contributed by atoms with Gasteiger partial charge in [-0.1, -0.05) is 194 Å². The van der Waals surface area contributed by atoms with Gasteiger partial charge in [0.2, 0.25) is 0 Å². The Morgan fingerprint density at radius 2 is 0.603 bits per heavy atom. The van der Waals surface area contributed by atoms with E-state index in [1.165, 1.54) is 22.3 Å². The summed E-state index contributed by atoms with van der Waals surface area (Å²) in [7, 11) is 0. The van der Waals surface area contributed by atoms with E-state index in [0.29, 0.717) is 0 Å². The molecular weight excluding hydrogens is 767 g/mol. The normalized spacial score (nSPS) is 11.5. The zero-order chi connectivity index (χ0) is 41.7. The summed E-state index contributed by atoms with van der Waals surface area (Å²) in [5.74, 6) is 0. The minimum absolute atomic E-state index is 0.894. The Labute approximate surface area is 365 Å². The minimum atomic E-state index is 0.894. The topological polar surface area (TPSA) is 29.5 Å². The van der Waals surface area contributed by atoms with E-state index < -0.39 is 0 Å². The number of para-hydroxylation sites is 5. The molecule has 10 aromatic carbocycles. The molecule has 0 aliphatic heterocycles. The van der Waals surface area contributed by atoms with Crippen LogP contribution >= 0.6 is 0 Å². The lowest BCUT2D eigenvalue weighted by Gasteiger charge is -2.29. The molecular formula is C60H39NO2. The summed E-state index contributed by atoms with van der Waals surface area (Å²) in [5.41, 5.74) is 18.1. The maximum absolute atomic E-state index is 6.48. The van der Waals surface area contributed by atoms with E-state index in [0.717, 1.165) is 94.3 Å². The van der Waals surface area contributed by atoms with E-state index in [4.69, 9.17) is 8.83 Å². The van der Waals surface area contributed by atoms with Crippen LogP contribution in [0.4, 0.5) is 17.1 Å². The van der Waals surface area contributed by atoms with E-state index in [1.807, 2.05) is 24.3 Å². The van der Waals surface area contributed by atoms with Gasteiger partial charge in [-0.25, -0.2) is 0 Å². The fourth-order valence-corrected chi connectivity index (χ4v) is 9.39. The highest BCUT2D eigenvalue weighted by Crippen LogP contribution is 2.46. The first-order valence-electron chi connectivity index (χ1n) is 21.4. The van der Waals surface area contributed by atoms with Gasteiger partial charge in [0.05, 0.1) is 5.69 Å². The standard InChI is InChI=1S/C60H39NO2/c1-2-16-40(17-3-1)45-18-4-5-19-48(45)49-20-6-7-21-50(49)51-22-8-11-29-56(51)61(43-36-32-41(33-37-43)46-25-14-27-54-52-23-9-12-30-57(52)62-59(46)54)44-38-34-42(35-39-44)47-26-15-28-55-53-24-10-13-31-58(53)63-60(47)55/h1-39H. The van der Waals surface area contributed by atoms with Crippen molar-refractivity contribution in [2.24, 2.45) is 0 Å². The molecule has 0 fully saturated rings. The smallest absolute Gasteiger partial charge is 0.143 e. The Morgan fingerprint density at radius 1 is 0.238 bits per heavy atom. The largest absolute Gasteiger partial charge is 0.455 e. The fourth-order valence-electron chi connectivity index (χ4n) is 9.39. The van der Waals surface area contributed by atoms with Gasteiger partial charge in [-0.15, -0.1) is 0 Å². The van der Waals surface area contributed by atoms with Crippen molar-refractivity contribution in [1.29, 1.82) is 0 Å². The quantitative estimate of drug-likeness (QED) is 0.153. The SMILES string of the molecule is c1ccc(-c2ccccc2-c2ccccc2-c2ccccc2N(c2ccc(-c3cccc4c3oc3ccccc34)cc2)c2ccc(-c3cccc4c3oc3ccccc34)cc2)cc1. The molecule has 2 heterocycles. The Balaban J connectivity index is 1.01. The second-order valence-electron chi connectivity index (χ2n) is 16.0. The molecule has 63 heavy (non-hydrogen) atoms. The van der Waals surface area contributed by atoms with Crippen molar-refractivity contribution in [2.75, 3.05) is 4.90 Å². The summed E-state index contributed by atoms with van der Waals surface area (Å²) in [4.78, 5) is 2.38. The van der Waals surface area contributed by atoms with Crippen LogP contribution in [-0.4, -0.2) is 0 Å². The van der Waals surface area contributed by atoms with E-state index in [-0.39, 0.29) is 0 Å². The monoisotopic (exact) mass is 805 g/mol. The average Bonchev–Trinajstić information content (AvgIpc) is 3.94. The van der Waals surface area contributed by atoms with Gasteiger partial charge < -0.3 is 13.7 Å². The van der Waals surface area contributed by atoms with Crippen LogP contribution in [0, 0.1) is 0 Å². The first-order chi connectivity index (χ1) is 31.3. The number of fused-ring (bicyclic) bond motifs is 6. The Kier molecular flexibility index (Phi) is 8.83. The Bertz CT molecular complexity index is 3460. The van der Waals surface area contributed by atoms with Gasteiger partial charge in [-0.05, 0) is 81.4 Å². The van der Waals surface area contributed by atoms with Gasteiger partial charge in [0, 0.05) is 49.6 Å². The van der Waals surface area contributed by atoms with Crippen LogP contribution in [0.2, 0.25) is 0 Å². The summed E-state index contributed by atoms with van der Waals surface area (Å²) in [6.45, 7) is 0. The second-order valence-corrected chi connectivity index (χ2v) is 16.0. The van der Waals surface area contributed by atoms with Gasteiger partial charge in [-0.2, -0.15) is 0 Å². The van der Waals surface area contributed by atoms with E-state index in [2.05, 4.69) is 217 Å². The van der Waals surface area contributed by atoms with Crippen LogP contribution in [0.3, 0.4) is 0 Å². The Hall–Kier alpha value is -8.40. The summed E-state index contributed by atoms with van der Waals surface area (Å²) in [6.07, 6.45) is 0. The molecule has 0 radical (unpaired) electrons. The minimum Gasteiger partial charge on any atom is -0.455 e. The average molecular weight is 806 g/mol. The highest BCUT2D eigenvalue weighted by molar-refractivity contribution is 6.11. The third kappa shape index (κ3) is 6.29. The van der Waals surface area contributed by atoms with Crippen molar-refractivity contribution in [3.05, 3.63) is 237 Å². The number of hydrogen-bond acceptors (Lipinski definition) is 3. The van der Waals surface area contributed by atoms with Crippen molar-refractivity contribution in [3.63, 3.8) is 0 Å². The van der Waals surface area contributed by atoms with Crippen LogP contribution in [0.15, 0.2) is 245 Å². The highest BCUT2D eigenvalue weighted by atomic mass is 16.3. The van der Waals surface area contributed by atoms with Crippen molar-refractivity contribution < 1.29 is 8.83 Å². The van der Waals surface area contributed by atoms with Gasteiger partial charge in [-0.3, -0.25) is 0 Å². The number of rotatable bonds is 8. The molecule has 0 amide bonds. The predicted molar refractivity (Wildman–Crippen MR) is 263 cm³/mol. The molecule has 0 atom stereocenters. The van der Waals surface area contributed by atoms with Crippen LogP contribution in [0.1, 0.15) is 0 Å². The number of nitrogens with zero attached hydrogens (tertiary/aromatic N) is 1. The van der Waals surface area contributed by atoms with Crippen molar-refractivity contribution >= 4 is 60.9 Å². The van der Waals surface area contributed by atoms with E-state index >= 15 is 0 Å². The lowest BCUT2D eigenvalue weighted by atomic mass is 9.88. The number of benzene rings is 10. The van der Waals surface area contributed by atoms with E-state index in [9.17, 15) is 0 Å². The predicted octanol–water partition coefficient (Wildman–Crippen LogP) is 17.3. The summed E-state index contributed by atoms with van der Waals surface area (Å²) < 4.78 is 13.0. The molecule has 0 bridgehead atoms. The van der Waals surface area contributed by atoms with Crippen LogP contribution in [0.5, 0.6) is 0 Å². The maximum Gasteiger partial charge on any atom is 0.143 e. The number of hydrogen-bond donors (Lipinski definition) is 0. The Morgan fingerprint density at radius 3 is 1.14 bits per heavy atom. The van der Waals surface area contributed by atoms with Gasteiger partial charge in [0.15, 0.2) is 0 Å². The molecule has 3 heteroatoms. The second kappa shape index (κ2) is 15.3. The first kappa shape index (κ1) is 36.5. The maximum atomic E-state index is 6.48. The molecule has 3 nitrogen and oxygen atoms in total. The van der Waals surface area contributed by atoms with Crippen LogP contribution in [0.25, 0.3) is 99.5 Å². The summed E-state index contributed by atoms with van der Waals surface area (Å²) in [5, 5.41) is 4.49. The molecule has 0 aliphatic rings. The summed E-state index contributed by atoms with van der Waals surface area (Å²) in [6, 6.07) is 84.1. The molecule has 0 unspecified atom stereocenters. The first-order valence-corrected chi connectivity index (χ1v) is 21.4. The molecule has 0 saturated heterocycles. The van der Waals surface area contributed by atoms with Gasteiger partial charge in [0.25, 0.3) is 0 Å². The fraction of sp³-hybridized carbons (Fsp3) is 0. The third-order valence-corrected chi connectivity index (χ3v) is 12.3. The lowest BCUT2D eigenvalue weighted by molar-refractivity contribution is 0.669. The molecule has 0 spiro atoms. The van der Waals surface area contributed by atoms with Gasteiger partial charge >= 0.3 is 0 Å². The molecule has 12 aromatic rings. The number of anilines is 3. The zero-order valence-corrected chi connectivity index (χ0v) is 34.3. The summed E-state index contributed by atoms with van der Waals surface area (Å²) >= 11 is 0. The van der Waals surface area contributed by atoms with E-state index in [1.54, 1.807) is 0 Å². The van der Waals surface area contributed by atoms with Crippen LogP contribution in [-0.2, 0) is 0 Å². The zero-order valence-electron chi connectivity index (χ0n) is 34.3. The highest BCUT2D eigenvalue weighted by Gasteiger charge is 2.21. The lowest BCUT2D eigenvalue weighted by Crippen LogP contribution is -2.11. The molecule has 2 aromatic heterocycles. The van der Waals surface area contributed by atoms with Crippen molar-refractivity contribution in [2.45, 2.75) is 0 Å². The van der Waals surface area contributed by atoms with Gasteiger partial charge in [0.1, 0.15) is 22.3 Å². The molecule has 296 valence electrons. The van der Waals surface area contributed by atoms with Crippen molar-refractivity contribution in [3.8, 4) is 55.6 Å².